The number of nitrogens with one attached hydrogen (secondary N) is 1. The molecule has 1 fully saturated rings. The molecule has 0 saturated carbocycles. The zero-order chi connectivity index (χ0) is 24.0. The third kappa shape index (κ3) is 7.77. The van der Waals surface area contributed by atoms with Crippen LogP contribution in [0.15, 0.2) is 42.5 Å². The Morgan fingerprint density at radius 1 is 1.12 bits per heavy atom. The van der Waals surface area contributed by atoms with Crippen LogP contribution in [0.1, 0.15) is 57.1 Å². The van der Waals surface area contributed by atoms with Crippen LogP contribution in [0.4, 0.5) is 18.0 Å². The number of rotatable bonds is 7. The van der Waals surface area contributed by atoms with Gasteiger partial charge in [-0.3, -0.25) is 0 Å². The van der Waals surface area contributed by atoms with E-state index in [-0.39, 0.29) is 12.0 Å². The molecule has 2 aromatic rings. The van der Waals surface area contributed by atoms with Crippen molar-refractivity contribution in [2.75, 3.05) is 19.6 Å². The first-order valence-electron chi connectivity index (χ1n) is 11.5. The van der Waals surface area contributed by atoms with Gasteiger partial charge >= 0.3 is 6.09 Å². The van der Waals surface area contributed by atoms with Gasteiger partial charge in [-0.25, -0.2) is 18.0 Å². The van der Waals surface area contributed by atoms with Crippen LogP contribution in [0, 0.1) is 17.5 Å². The highest BCUT2D eigenvalue weighted by Crippen LogP contribution is 2.27. The minimum atomic E-state index is -1.23. The standard InChI is InChI=1S/C26H33F3N2O2/c1-26(2,3)33-25(32)30-21(14-20-15-23(28)24(29)16-22(20)27)11-13-31-12-7-10-19(17-31)18-8-5-4-6-9-18/h4-6,8-9,15-16,19,21H,7,10-14,17H2,1-3H3,(H,30,32). The molecule has 180 valence electrons. The van der Waals surface area contributed by atoms with Gasteiger partial charge in [0.1, 0.15) is 11.4 Å². The first-order valence-corrected chi connectivity index (χ1v) is 11.5. The molecule has 1 N–H and O–H groups in total. The molecule has 4 nitrogen and oxygen atoms in total. The Bertz CT molecular complexity index is 931. The average molecular weight is 463 g/mol. The SMILES string of the molecule is CC(C)(C)OC(=O)NC(CCN1CCCC(c2ccccc2)C1)Cc1cc(F)c(F)cc1F. The van der Waals surface area contributed by atoms with E-state index in [1.54, 1.807) is 20.8 Å². The molecule has 2 atom stereocenters. The molecule has 0 spiro atoms. The quantitative estimate of drug-likeness (QED) is 0.528. The van der Waals surface area contributed by atoms with E-state index in [9.17, 15) is 18.0 Å². The van der Waals surface area contributed by atoms with Crippen LogP contribution in [0.2, 0.25) is 0 Å². The van der Waals surface area contributed by atoms with Gasteiger partial charge in [-0.2, -0.15) is 0 Å². The van der Waals surface area contributed by atoms with Crippen LogP contribution in [0.5, 0.6) is 0 Å². The minimum absolute atomic E-state index is 0.0239. The normalized spacial score (nSPS) is 18.1. The van der Waals surface area contributed by atoms with Crippen LogP contribution in [-0.4, -0.2) is 42.3 Å². The largest absolute Gasteiger partial charge is 0.444 e. The Labute approximate surface area is 194 Å². The summed E-state index contributed by atoms with van der Waals surface area (Å²) in [6.45, 7) is 7.82. The molecule has 7 heteroatoms. The van der Waals surface area contributed by atoms with E-state index in [4.69, 9.17) is 4.74 Å². The van der Waals surface area contributed by atoms with Gasteiger partial charge in [-0.15, -0.1) is 0 Å². The van der Waals surface area contributed by atoms with Crippen LogP contribution >= 0.6 is 0 Å². The topological polar surface area (TPSA) is 41.6 Å². The minimum Gasteiger partial charge on any atom is -0.444 e. The van der Waals surface area contributed by atoms with Gasteiger partial charge in [0, 0.05) is 25.2 Å². The van der Waals surface area contributed by atoms with Crippen molar-refractivity contribution < 1.29 is 22.7 Å². The van der Waals surface area contributed by atoms with Crippen molar-refractivity contribution in [2.45, 2.75) is 64.0 Å². The highest BCUT2D eigenvalue weighted by molar-refractivity contribution is 5.68. The summed E-state index contributed by atoms with van der Waals surface area (Å²) in [7, 11) is 0. The third-order valence-corrected chi connectivity index (χ3v) is 5.85. The Morgan fingerprint density at radius 2 is 1.82 bits per heavy atom. The number of ether oxygens (including phenoxy) is 1. The highest BCUT2D eigenvalue weighted by Gasteiger charge is 2.25. The fraction of sp³-hybridized carbons (Fsp3) is 0.500. The van der Waals surface area contributed by atoms with Gasteiger partial charge in [0.25, 0.3) is 0 Å². The highest BCUT2D eigenvalue weighted by atomic mass is 19.2. The van der Waals surface area contributed by atoms with E-state index >= 15 is 0 Å². The lowest BCUT2D eigenvalue weighted by atomic mass is 9.90. The number of hydrogen-bond donors (Lipinski definition) is 1. The summed E-state index contributed by atoms with van der Waals surface area (Å²) in [6.07, 6.45) is 2.15. The fourth-order valence-corrected chi connectivity index (χ4v) is 4.28. The molecule has 0 bridgehead atoms. The molecule has 2 aromatic carbocycles. The van der Waals surface area contributed by atoms with Gasteiger partial charge < -0.3 is 15.0 Å². The number of amides is 1. The molecule has 3 rings (SSSR count). The second-order valence-corrected chi connectivity index (χ2v) is 9.74. The van der Waals surface area contributed by atoms with Crippen molar-refractivity contribution in [3.8, 4) is 0 Å². The Hall–Kier alpha value is -2.54. The van der Waals surface area contributed by atoms with Crippen molar-refractivity contribution in [3.05, 3.63) is 71.0 Å². The number of benzene rings is 2. The molecule has 33 heavy (non-hydrogen) atoms. The summed E-state index contributed by atoms with van der Waals surface area (Å²) in [6, 6.07) is 11.3. The van der Waals surface area contributed by atoms with Gasteiger partial charge in [0.2, 0.25) is 0 Å². The molecular weight excluding hydrogens is 429 g/mol. The summed E-state index contributed by atoms with van der Waals surface area (Å²) in [4.78, 5) is 14.7. The van der Waals surface area contributed by atoms with E-state index in [2.05, 4.69) is 22.3 Å². The maximum absolute atomic E-state index is 14.3. The number of alkyl carbamates (subject to hydrolysis) is 1. The molecule has 2 unspecified atom stereocenters. The van der Waals surface area contributed by atoms with Crippen molar-refractivity contribution in [3.63, 3.8) is 0 Å². The molecular formula is C26H33F3N2O2. The van der Waals surface area contributed by atoms with Crippen molar-refractivity contribution >= 4 is 6.09 Å². The lowest BCUT2D eigenvalue weighted by Gasteiger charge is -2.34. The van der Waals surface area contributed by atoms with E-state index in [1.807, 2.05) is 18.2 Å². The van der Waals surface area contributed by atoms with Gasteiger partial charge in [0.05, 0.1) is 0 Å². The van der Waals surface area contributed by atoms with Crippen molar-refractivity contribution in [1.82, 2.24) is 10.2 Å². The second-order valence-electron chi connectivity index (χ2n) is 9.74. The zero-order valence-corrected chi connectivity index (χ0v) is 19.5. The van der Waals surface area contributed by atoms with E-state index in [0.29, 0.717) is 24.9 Å². The van der Waals surface area contributed by atoms with Gasteiger partial charge in [0.15, 0.2) is 11.6 Å². The van der Waals surface area contributed by atoms with Crippen LogP contribution in [0.3, 0.4) is 0 Å². The van der Waals surface area contributed by atoms with Crippen LogP contribution in [-0.2, 0) is 11.2 Å². The van der Waals surface area contributed by atoms with Crippen molar-refractivity contribution in [1.29, 1.82) is 0 Å². The van der Waals surface area contributed by atoms with Gasteiger partial charge in [-0.05, 0) is 76.1 Å². The maximum Gasteiger partial charge on any atom is 0.407 e. The van der Waals surface area contributed by atoms with Crippen LogP contribution < -0.4 is 5.32 Å². The predicted octanol–water partition coefficient (Wildman–Crippen LogP) is 5.81. The third-order valence-electron chi connectivity index (χ3n) is 5.85. The molecule has 1 saturated heterocycles. The van der Waals surface area contributed by atoms with E-state index in [0.717, 1.165) is 32.0 Å². The average Bonchev–Trinajstić information content (AvgIpc) is 2.75. The Kier molecular flexibility index (Phi) is 8.40. The molecule has 0 aliphatic carbocycles. The van der Waals surface area contributed by atoms with Crippen molar-refractivity contribution in [2.24, 2.45) is 0 Å². The number of nitrogens with zero attached hydrogens (tertiary/aromatic N) is 1. The summed E-state index contributed by atoms with van der Waals surface area (Å²) < 4.78 is 46.7. The predicted molar refractivity (Wildman–Crippen MR) is 123 cm³/mol. The lowest BCUT2D eigenvalue weighted by molar-refractivity contribution is 0.0497. The molecule has 0 aromatic heterocycles. The molecule has 1 aliphatic heterocycles. The zero-order valence-electron chi connectivity index (χ0n) is 19.5. The molecule has 1 heterocycles. The lowest BCUT2D eigenvalue weighted by Crippen LogP contribution is -2.43. The van der Waals surface area contributed by atoms with E-state index in [1.165, 1.54) is 5.56 Å². The number of carbonyl (C=O) groups excluding carboxylic acids is 1. The van der Waals surface area contributed by atoms with Crippen LogP contribution in [0.25, 0.3) is 0 Å². The monoisotopic (exact) mass is 462 g/mol. The summed E-state index contributed by atoms with van der Waals surface area (Å²) in [5.41, 5.74) is 0.655. The fourth-order valence-electron chi connectivity index (χ4n) is 4.28. The number of halogens is 3. The van der Waals surface area contributed by atoms with Gasteiger partial charge in [-0.1, -0.05) is 30.3 Å². The second kappa shape index (κ2) is 11.1. The summed E-state index contributed by atoms with van der Waals surface area (Å²) in [5.74, 6) is -2.72. The first-order chi connectivity index (χ1) is 15.6. The number of carbonyl (C=O) groups is 1. The smallest absolute Gasteiger partial charge is 0.407 e. The Balaban J connectivity index is 1.67. The molecule has 1 aliphatic rings. The number of hydrogen-bond acceptors (Lipinski definition) is 3. The number of likely N-dealkylation sites (tertiary alicyclic amines) is 1. The van der Waals surface area contributed by atoms with E-state index < -0.39 is 35.2 Å². The molecule has 1 amide bonds. The Morgan fingerprint density at radius 3 is 2.52 bits per heavy atom. The maximum atomic E-state index is 14.3. The summed E-state index contributed by atoms with van der Waals surface area (Å²) in [5, 5.41) is 2.80. The number of piperidine rings is 1. The summed E-state index contributed by atoms with van der Waals surface area (Å²) >= 11 is 0. The first kappa shape index (κ1) is 25.1. The molecule has 0 radical (unpaired) electrons.